The van der Waals surface area contributed by atoms with Crippen LogP contribution in [0.2, 0.25) is 0 Å². The van der Waals surface area contributed by atoms with Gasteiger partial charge in [0, 0.05) is 12.7 Å². The molecule has 1 fully saturated rings. The fourth-order valence-electron chi connectivity index (χ4n) is 2.94. The smallest absolute Gasteiger partial charge is 0.264 e. The van der Waals surface area contributed by atoms with Gasteiger partial charge in [-0.1, -0.05) is 6.07 Å². The summed E-state index contributed by atoms with van der Waals surface area (Å²) in [4.78, 5) is 15.4. The molecule has 3 aromatic rings. The van der Waals surface area contributed by atoms with Crippen LogP contribution in [0.25, 0.3) is 5.65 Å². The third-order valence-corrected chi connectivity index (χ3v) is 5.55. The van der Waals surface area contributed by atoms with E-state index in [-0.39, 0.29) is 11.9 Å². The lowest BCUT2D eigenvalue weighted by molar-refractivity contribution is 0.0734. The summed E-state index contributed by atoms with van der Waals surface area (Å²) in [5, 5.41) is 8.53. The van der Waals surface area contributed by atoms with E-state index in [1.807, 2.05) is 45.8 Å². The summed E-state index contributed by atoms with van der Waals surface area (Å²) in [5.41, 5.74) is 0.815. The number of hydrogen-bond acceptors (Lipinski definition) is 4. The molecule has 0 aromatic carbocycles. The minimum absolute atomic E-state index is 0.00854. The second-order valence-electron chi connectivity index (χ2n) is 5.25. The minimum Gasteiger partial charge on any atom is -0.328 e. The fourth-order valence-corrected chi connectivity index (χ4v) is 4.28. The van der Waals surface area contributed by atoms with Crippen molar-refractivity contribution in [1.82, 2.24) is 19.5 Å². The number of nitrogens with zero attached hydrogens (tertiary/aromatic N) is 4. The first-order chi connectivity index (χ1) is 10.7. The number of fused-ring (bicyclic) bond motifs is 1. The molecular formula is C15H13BrN4OS. The van der Waals surface area contributed by atoms with E-state index < -0.39 is 0 Å². The number of halogens is 1. The van der Waals surface area contributed by atoms with Crippen molar-refractivity contribution in [3.63, 3.8) is 0 Å². The van der Waals surface area contributed by atoms with Crippen LogP contribution < -0.4 is 0 Å². The van der Waals surface area contributed by atoms with Gasteiger partial charge in [-0.2, -0.15) is 0 Å². The van der Waals surface area contributed by atoms with Gasteiger partial charge in [0.1, 0.15) is 0 Å². The van der Waals surface area contributed by atoms with Crippen LogP contribution in [0.1, 0.15) is 34.4 Å². The number of rotatable bonds is 2. The summed E-state index contributed by atoms with van der Waals surface area (Å²) in [6.07, 6.45) is 3.87. The summed E-state index contributed by atoms with van der Waals surface area (Å²) in [7, 11) is 0. The zero-order valence-corrected chi connectivity index (χ0v) is 14.0. The van der Waals surface area contributed by atoms with Crippen LogP contribution in [0.15, 0.2) is 40.3 Å². The molecule has 0 spiro atoms. The molecule has 1 amide bonds. The number of aromatic nitrogens is 3. The van der Waals surface area contributed by atoms with Gasteiger partial charge in [0.25, 0.3) is 5.91 Å². The standard InChI is InChI=1S/C15H13BrN4OS/c16-12-7-6-11(22-12)15(21)19-9-3-4-10(19)14-18-17-13-5-1-2-8-20(13)14/h1-2,5-8,10H,3-4,9H2/t10-/m1/s1. The molecule has 5 nitrogen and oxygen atoms in total. The largest absolute Gasteiger partial charge is 0.328 e. The van der Waals surface area contributed by atoms with Gasteiger partial charge >= 0.3 is 0 Å². The summed E-state index contributed by atoms with van der Waals surface area (Å²) < 4.78 is 2.94. The lowest BCUT2D eigenvalue weighted by Gasteiger charge is -2.22. The lowest BCUT2D eigenvalue weighted by atomic mass is 10.2. The molecule has 1 aliphatic heterocycles. The number of carbonyl (C=O) groups excluding carboxylic acids is 1. The van der Waals surface area contributed by atoms with Gasteiger partial charge in [-0.25, -0.2) is 0 Å². The second kappa shape index (κ2) is 5.48. The normalized spacial score (nSPS) is 18.2. The average molecular weight is 377 g/mol. The summed E-state index contributed by atoms with van der Waals surface area (Å²) in [5.74, 6) is 0.919. The van der Waals surface area contributed by atoms with Crippen molar-refractivity contribution in [2.45, 2.75) is 18.9 Å². The molecule has 1 aliphatic rings. The Kier molecular flexibility index (Phi) is 3.46. The molecule has 4 rings (SSSR count). The molecule has 0 aliphatic carbocycles. The number of hydrogen-bond donors (Lipinski definition) is 0. The highest BCUT2D eigenvalue weighted by atomic mass is 79.9. The monoisotopic (exact) mass is 376 g/mol. The fraction of sp³-hybridized carbons (Fsp3) is 0.267. The van der Waals surface area contributed by atoms with E-state index in [1.54, 1.807) is 0 Å². The molecule has 0 bridgehead atoms. The van der Waals surface area contributed by atoms with Gasteiger partial charge in [0.2, 0.25) is 0 Å². The van der Waals surface area contributed by atoms with E-state index in [4.69, 9.17) is 0 Å². The Hall–Kier alpha value is -1.73. The van der Waals surface area contributed by atoms with Crippen LogP contribution in [-0.4, -0.2) is 31.9 Å². The SMILES string of the molecule is O=C(c1ccc(Br)s1)N1CCC[C@@H]1c1nnc2ccccn12. The molecule has 0 saturated carbocycles. The molecule has 0 N–H and O–H groups in total. The number of pyridine rings is 1. The first kappa shape index (κ1) is 13.9. The number of amides is 1. The van der Waals surface area contributed by atoms with E-state index in [0.717, 1.165) is 39.5 Å². The van der Waals surface area contributed by atoms with E-state index in [2.05, 4.69) is 26.1 Å². The number of carbonyl (C=O) groups is 1. The van der Waals surface area contributed by atoms with Crippen LogP contribution in [0.3, 0.4) is 0 Å². The first-order valence-electron chi connectivity index (χ1n) is 7.10. The van der Waals surface area contributed by atoms with Crippen LogP contribution in [-0.2, 0) is 0 Å². The van der Waals surface area contributed by atoms with E-state index in [0.29, 0.717) is 0 Å². The maximum absolute atomic E-state index is 12.8. The predicted molar refractivity (Wildman–Crippen MR) is 88.0 cm³/mol. The van der Waals surface area contributed by atoms with Gasteiger partial charge in [-0.3, -0.25) is 9.20 Å². The Morgan fingerprint density at radius 2 is 2.18 bits per heavy atom. The van der Waals surface area contributed by atoms with Gasteiger partial charge in [-0.15, -0.1) is 21.5 Å². The maximum atomic E-state index is 12.8. The number of likely N-dealkylation sites (tertiary alicyclic amines) is 1. The third kappa shape index (κ3) is 2.24. The quantitative estimate of drug-likeness (QED) is 0.687. The van der Waals surface area contributed by atoms with Crippen molar-refractivity contribution in [2.24, 2.45) is 0 Å². The molecule has 3 aromatic heterocycles. The van der Waals surface area contributed by atoms with Crippen LogP contribution in [0.5, 0.6) is 0 Å². The second-order valence-corrected chi connectivity index (χ2v) is 7.71. The molecule has 0 unspecified atom stereocenters. The zero-order valence-electron chi connectivity index (χ0n) is 11.6. The average Bonchev–Trinajstić information content (AvgIpc) is 3.24. The molecule has 112 valence electrons. The Balaban J connectivity index is 1.70. The van der Waals surface area contributed by atoms with Crippen LogP contribution in [0.4, 0.5) is 0 Å². The summed E-state index contributed by atoms with van der Waals surface area (Å²) in [6.45, 7) is 0.765. The van der Waals surface area contributed by atoms with Gasteiger partial charge in [0.15, 0.2) is 11.5 Å². The van der Waals surface area contributed by atoms with Crippen LogP contribution >= 0.6 is 27.3 Å². The first-order valence-corrected chi connectivity index (χ1v) is 8.71. The summed E-state index contributed by atoms with van der Waals surface area (Å²) >= 11 is 4.88. The molecule has 1 saturated heterocycles. The molecule has 0 radical (unpaired) electrons. The highest BCUT2D eigenvalue weighted by Gasteiger charge is 2.34. The van der Waals surface area contributed by atoms with E-state index >= 15 is 0 Å². The van der Waals surface area contributed by atoms with Gasteiger partial charge in [-0.05, 0) is 53.0 Å². The molecular weight excluding hydrogens is 364 g/mol. The topological polar surface area (TPSA) is 50.5 Å². The third-order valence-electron chi connectivity index (χ3n) is 3.94. The maximum Gasteiger partial charge on any atom is 0.264 e. The molecule has 4 heterocycles. The number of thiophene rings is 1. The van der Waals surface area contributed by atoms with Crippen molar-refractivity contribution >= 4 is 38.8 Å². The summed E-state index contributed by atoms with van der Waals surface area (Å²) in [6, 6.07) is 9.59. The van der Waals surface area contributed by atoms with E-state index in [1.165, 1.54) is 11.3 Å². The predicted octanol–water partition coefficient (Wildman–Crippen LogP) is 3.53. The van der Waals surface area contributed by atoms with E-state index in [9.17, 15) is 4.79 Å². The molecule has 1 atom stereocenters. The van der Waals surface area contributed by atoms with Crippen LogP contribution in [0, 0.1) is 0 Å². The van der Waals surface area contributed by atoms with Gasteiger partial charge < -0.3 is 4.90 Å². The highest BCUT2D eigenvalue weighted by molar-refractivity contribution is 9.11. The molecule has 22 heavy (non-hydrogen) atoms. The van der Waals surface area contributed by atoms with Crippen molar-refractivity contribution in [3.8, 4) is 0 Å². The lowest BCUT2D eigenvalue weighted by Crippen LogP contribution is -2.31. The Bertz CT molecular complexity index is 843. The zero-order chi connectivity index (χ0) is 15.1. The van der Waals surface area contributed by atoms with Crippen molar-refractivity contribution < 1.29 is 4.79 Å². The highest BCUT2D eigenvalue weighted by Crippen LogP contribution is 2.34. The minimum atomic E-state index is -0.00854. The molecule has 7 heteroatoms. The van der Waals surface area contributed by atoms with Crippen molar-refractivity contribution in [1.29, 1.82) is 0 Å². The Morgan fingerprint density at radius 1 is 1.27 bits per heavy atom. The van der Waals surface area contributed by atoms with Crippen molar-refractivity contribution in [2.75, 3.05) is 6.54 Å². The Morgan fingerprint density at radius 3 is 3.00 bits per heavy atom. The van der Waals surface area contributed by atoms with Crippen molar-refractivity contribution in [3.05, 3.63) is 51.0 Å². The Labute approximate surface area is 139 Å². The van der Waals surface area contributed by atoms with Gasteiger partial charge in [0.05, 0.1) is 14.7 Å².